The first-order valence-corrected chi connectivity index (χ1v) is 11.9. The highest BCUT2D eigenvalue weighted by molar-refractivity contribution is 5.87. The lowest BCUT2D eigenvalue weighted by atomic mass is 9.53. The van der Waals surface area contributed by atoms with Crippen LogP contribution in [0.5, 0.6) is 0 Å². The summed E-state index contributed by atoms with van der Waals surface area (Å²) in [7, 11) is 0. The van der Waals surface area contributed by atoms with E-state index in [0.29, 0.717) is 37.3 Å². The van der Waals surface area contributed by atoms with Crippen molar-refractivity contribution in [3.05, 3.63) is 57.9 Å². The van der Waals surface area contributed by atoms with Crippen molar-refractivity contribution in [3.63, 3.8) is 0 Å². The van der Waals surface area contributed by atoms with E-state index in [1.165, 1.54) is 22.3 Å². The van der Waals surface area contributed by atoms with E-state index in [4.69, 9.17) is 9.47 Å². The standard InChI is InChI=1S/C27H31FO3/c1-16-13-18(28)4-6-19(16)22-15-26(2)23(7-8-24(26)29)21-5-3-17-14-27(30-11-12-31-27)10-9-20(17)25(21)22/h4,6,13-14,21-23H,3,5,7-12,15H2,1-2H3/t21?,22-,23?,26+/m1/s1. The van der Waals surface area contributed by atoms with E-state index in [1.807, 2.05) is 13.0 Å². The minimum atomic E-state index is -0.528. The highest BCUT2D eigenvalue weighted by atomic mass is 19.1. The van der Waals surface area contributed by atoms with Gasteiger partial charge in [-0.05, 0) is 91.3 Å². The highest BCUT2D eigenvalue weighted by Gasteiger charge is 2.57. The lowest BCUT2D eigenvalue weighted by Crippen LogP contribution is -2.44. The molecule has 4 aliphatic carbocycles. The van der Waals surface area contributed by atoms with Gasteiger partial charge in [-0.3, -0.25) is 4.79 Å². The van der Waals surface area contributed by atoms with Crippen LogP contribution in [0.1, 0.15) is 68.9 Å². The summed E-state index contributed by atoms with van der Waals surface area (Å²) >= 11 is 0. The molecule has 3 nitrogen and oxygen atoms in total. The van der Waals surface area contributed by atoms with Gasteiger partial charge in [0.25, 0.3) is 0 Å². The smallest absolute Gasteiger partial charge is 0.188 e. The molecule has 1 heterocycles. The van der Waals surface area contributed by atoms with Crippen molar-refractivity contribution in [2.75, 3.05) is 13.2 Å². The van der Waals surface area contributed by atoms with E-state index in [1.54, 1.807) is 12.1 Å². The van der Waals surface area contributed by atoms with Crippen molar-refractivity contribution in [2.45, 2.75) is 70.5 Å². The molecule has 1 aromatic rings. The van der Waals surface area contributed by atoms with Crippen LogP contribution in [0.4, 0.5) is 4.39 Å². The van der Waals surface area contributed by atoms with E-state index < -0.39 is 5.79 Å². The van der Waals surface area contributed by atoms with Crippen molar-refractivity contribution < 1.29 is 18.7 Å². The molecule has 0 radical (unpaired) electrons. The zero-order valence-electron chi connectivity index (χ0n) is 18.5. The quantitative estimate of drug-likeness (QED) is 0.576. The molecule has 0 N–H and O–H groups in total. The molecule has 164 valence electrons. The van der Waals surface area contributed by atoms with Crippen LogP contribution in [-0.2, 0) is 14.3 Å². The zero-order chi connectivity index (χ0) is 21.4. The van der Waals surface area contributed by atoms with Gasteiger partial charge >= 0.3 is 0 Å². The van der Waals surface area contributed by atoms with Gasteiger partial charge in [0.05, 0.1) is 13.2 Å². The molecule has 1 spiro atoms. The Balaban J connectivity index is 1.52. The van der Waals surface area contributed by atoms with Crippen molar-refractivity contribution in [3.8, 4) is 0 Å². The van der Waals surface area contributed by atoms with E-state index >= 15 is 0 Å². The van der Waals surface area contributed by atoms with E-state index in [9.17, 15) is 9.18 Å². The van der Waals surface area contributed by atoms with Gasteiger partial charge in [0.1, 0.15) is 11.6 Å². The minimum absolute atomic E-state index is 0.187. The second-order valence-electron chi connectivity index (χ2n) is 10.5. The molecule has 3 fully saturated rings. The predicted octanol–water partition coefficient (Wildman–Crippen LogP) is 5.78. The predicted molar refractivity (Wildman–Crippen MR) is 116 cm³/mol. The molecule has 1 aromatic carbocycles. The van der Waals surface area contributed by atoms with Crippen LogP contribution in [-0.4, -0.2) is 24.8 Å². The van der Waals surface area contributed by atoms with Crippen molar-refractivity contribution in [2.24, 2.45) is 17.3 Å². The lowest BCUT2D eigenvalue weighted by Gasteiger charge is -2.51. The Kier molecular flexibility index (Phi) is 4.40. The van der Waals surface area contributed by atoms with Gasteiger partial charge in [-0.25, -0.2) is 4.39 Å². The Labute approximate surface area is 183 Å². The van der Waals surface area contributed by atoms with Crippen molar-refractivity contribution >= 4 is 5.78 Å². The Morgan fingerprint density at radius 3 is 2.68 bits per heavy atom. The van der Waals surface area contributed by atoms with Gasteiger partial charge in [-0.1, -0.05) is 18.6 Å². The number of hydrogen-bond acceptors (Lipinski definition) is 3. The molecule has 6 rings (SSSR count). The molecule has 5 aliphatic rings. The van der Waals surface area contributed by atoms with Gasteiger partial charge in [0.15, 0.2) is 5.79 Å². The third-order valence-electron chi connectivity index (χ3n) is 8.99. The molecule has 1 saturated heterocycles. The Bertz CT molecular complexity index is 1020. The number of allylic oxidation sites excluding steroid dienone is 3. The van der Waals surface area contributed by atoms with Crippen molar-refractivity contribution in [1.29, 1.82) is 0 Å². The summed E-state index contributed by atoms with van der Waals surface area (Å²) in [4.78, 5) is 13.1. The summed E-state index contributed by atoms with van der Waals surface area (Å²) in [5.41, 5.74) is 6.35. The summed E-state index contributed by atoms with van der Waals surface area (Å²) in [5, 5.41) is 0. The number of carbonyl (C=O) groups is 1. The van der Waals surface area contributed by atoms with E-state index in [2.05, 4.69) is 13.0 Å². The fraction of sp³-hybridized carbons (Fsp3) is 0.593. The Morgan fingerprint density at radius 2 is 1.90 bits per heavy atom. The normalized spacial score (nSPS) is 36.3. The molecular formula is C27H31FO3. The van der Waals surface area contributed by atoms with E-state index in [0.717, 1.165) is 44.1 Å². The minimum Gasteiger partial charge on any atom is -0.344 e. The highest BCUT2D eigenvalue weighted by Crippen LogP contribution is 2.63. The van der Waals surface area contributed by atoms with Crippen LogP contribution >= 0.6 is 0 Å². The zero-order valence-corrected chi connectivity index (χ0v) is 18.5. The largest absolute Gasteiger partial charge is 0.344 e. The topological polar surface area (TPSA) is 35.5 Å². The van der Waals surface area contributed by atoms with Crippen molar-refractivity contribution in [1.82, 2.24) is 0 Å². The number of carbonyl (C=O) groups excluding carboxylic acids is 1. The monoisotopic (exact) mass is 422 g/mol. The summed E-state index contributed by atoms with van der Waals surface area (Å²) < 4.78 is 25.9. The van der Waals surface area contributed by atoms with Crippen LogP contribution in [0.15, 0.2) is 41.0 Å². The Hall–Kier alpha value is -1.78. The molecule has 0 aromatic heterocycles. The number of ether oxygens (including phenoxy) is 2. The van der Waals surface area contributed by atoms with Gasteiger partial charge in [0, 0.05) is 24.2 Å². The number of halogens is 1. The number of benzene rings is 1. The SMILES string of the molecule is Cc1cc(F)ccc1[C@H]1C[C@]2(C)C(=O)CCC2C2CCC3=CC4(CCC3=C21)OCCO4. The summed E-state index contributed by atoms with van der Waals surface area (Å²) in [6.45, 7) is 5.55. The van der Waals surface area contributed by atoms with Crippen LogP contribution in [0.25, 0.3) is 0 Å². The maximum absolute atomic E-state index is 13.9. The van der Waals surface area contributed by atoms with Crippen LogP contribution in [0.2, 0.25) is 0 Å². The first kappa shape index (κ1) is 19.9. The first-order chi connectivity index (χ1) is 14.9. The molecule has 2 saturated carbocycles. The molecule has 1 aliphatic heterocycles. The molecule has 4 atom stereocenters. The second-order valence-corrected chi connectivity index (χ2v) is 10.5. The third-order valence-corrected chi connectivity index (χ3v) is 8.99. The molecule has 4 heteroatoms. The number of fused-ring (bicyclic) bond motifs is 4. The van der Waals surface area contributed by atoms with E-state index in [-0.39, 0.29) is 17.2 Å². The lowest BCUT2D eigenvalue weighted by molar-refractivity contribution is -0.128. The van der Waals surface area contributed by atoms with Gasteiger partial charge in [-0.2, -0.15) is 0 Å². The average molecular weight is 423 g/mol. The average Bonchev–Trinajstić information content (AvgIpc) is 3.31. The van der Waals surface area contributed by atoms with Gasteiger partial charge in [-0.15, -0.1) is 0 Å². The van der Waals surface area contributed by atoms with Crippen LogP contribution < -0.4 is 0 Å². The number of rotatable bonds is 1. The number of Topliss-reactive ketones (excluding diaryl/α,β-unsaturated/α-hetero) is 1. The van der Waals surface area contributed by atoms with Crippen LogP contribution in [0.3, 0.4) is 0 Å². The number of ketones is 1. The van der Waals surface area contributed by atoms with Gasteiger partial charge < -0.3 is 9.47 Å². The number of aryl methyl sites for hydroxylation is 1. The second kappa shape index (κ2) is 6.86. The molecule has 0 amide bonds. The molecule has 0 bridgehead atoms. The summed E-state index contributed by atoms with van der Waals surface area (Å²) in [6, 6.07) is 5.20. The maximum Gasteiger partial charge on any atom is 0.188 e. The first-order valence-electron chi connectivity index (χ1n) is 11.9. The van der Waals surface area contributed by atoms with Crippen LogP contribution in [0, 0.1) is 30.0 Å². The molecular weight excluding hydrogens is 391 g/mol. The maximum atomic E-state index is 13.9. The van der Waals surface area contributed by atoms with Gasteiger partial charge in [0.2, 0.25) is 0 Å². The Morgan fingerprint density at radius 1 is 1.10 bits per heavy atom. The fourth-order valence-electron chi connectivity index (χ4n) is 7.56. The molecule has 2 unspecified atom stereocenters. The summed E-state index contributed by atoms with van der Waals surface area (Å²) in [5.74, 6) is 0.795. The number of hydrogen-bond donors (Lipinski definition) is 0. The third kappa shape index (κ3) is 2.87. The fourth-order valence-corrected chi connectivity index (χ4v) is 7.56. The summed E-state index contributed by atoms with van der Waals surface area (Å²) in [6.07, 6.45) is 8.78. The molecule has 31 heavy (non-hydrogen) atoms.